The van der Waals surface area contributed by atoms with Gasteiger partial charge in [-0.1, -0.05) is 133 Å². The Bertz CT molecular complexity index is 203. The Labute approximate surface area is 154 Å². The average molecular weight is 323 g/mol. The van der Waals surface area contributed by atoms with Crippen LogP contribution < -0.4 is 0 Å². The topological polar surface area (TPSA) is 0 Å². The van der Waals surface area contributed by atoms with Gasteiger partial charge in [-0.25, -0.2) is 0 Å². The van der Waals surface area contributed by atoms with Crippen molar-refractivity contribution in [2.45, 2.75) is 133 Å². The maximum absolute atomic E-state index is 7.08. The molecule has 0 N–H and O–H groups in total. The first kappa shape index (κ1) is 16.8. The predicted octanol–water partition coefficient (Wildman–Crippen LogP) is 9.28. The minimum absolute atomic E-state index is 0.479. The molecule has 0 rings (SSSR count). The molecule has 0 aliphatic rings. The minimum Gasteiger partial charge on any atom is -0.0654 e. The van der Waals surface area contributed by atoms with Gasteiger partial charge in [-0.05, 0) is 11.8 Å². The summed E-state index contributed by atoms with van der Waals surface area (Å²) in [5.74, 6) is 1.03. The van der Waals surface area contributed by atoms with E-state index in [0.29, 0.717) is 53.2 Å². The third-order valence-electron chi connectivity index (χ3n) is 3.13. The summed E-state index contributed by atoms with van der Waals surface area (Å²) in [5, 5.41) is 0. The molecule has 2 atom stereocenters. The molecule has 0 aromatic rings. The highest BCUT2D eigenvalue weighted by molar-refractivity contribution is 4.45. The number of hydrogen-bond acceptors (Lipinski definition) is 0. The molecule has 0 saturated carbocycles. The standard InChI is InChI=1S/C7H16.C6H14.C5H12.C4H10/c1-4-6-7(3)5-2;1-4-6(3)5-2;1-3-5-4-2;1-3-4-2/h7H,4-6H2,1-3H3;6H,4-5H2,1-3H3;3-5H2,1-2H3;3-4H2,1-2H3/i2*1D,3D;2*1D. The SMILES string of the molecule is [2H]CCC(C[2H])CC.[2H]CCCC.[2H]CCCC(C[2H])CC.[2H]CCCCC. The molecule has 0 spiro atoms. The summed E-state index contributed by atoms with van der Waals surface area (Å²) >= 11 is 0. The Morgan fingerprint density at radius 1 is 0.591 bits per heavy atom. The summed E-state index contributed by atoms with van der Waals surface area (Å²) in [6, 6.07) is 0. The van der Waals surface area contributed by atoms with Crippen molar-refractivity contribution in [2.24, 2.45) is 11.8 Å². The molecule has 0 nitrogen and oxygen atoms in total. The van der Waals surface area contributed by atoms with Gasteiger partial charge in [-0.3, -0.25) is 0 Å². The maximum Gasteiger partial charge on any atom is 0.0233 e. The van der Waals surface area contributed by atoms with Crippen LogP contribution >= 0.6 is 0 Å². The number of unbranched alkanes of at least 4 members (excludes halogenated alkanes) is 3. The fourth-order valence-corrected chi connectivity index (χ4v) is 0.947. The summed E-state index contributed by atoms with van der Waals surface area (Å²) in [5.41, 5.74) is 0. The Balaban J connectivity index is -0.000000141. The van der Waals surface area contributed by atoms with Crippen molar-refractivity contribution in [3.8, 4) is 0 Å². The second-order valence-corrected chi connectivity index (χ2v) is 5.54. The zero-order valence-electron chi connectivity index (χ0n) is 22.5. The van der Waals surface area contributed by atoms with Crippen LogP contribution in [0.5, 0.6) is 0 Å². The van der Waals surface area contributed by atoms with Gasteiger partial charge in [0.15, 0.2) is 0 Å². The highest BCUT2D eigenvalue weighted by Gasteiger charge is 1.92. The molecule has 2 unspecified atom stereocenters. The summed E-state index contributed by atoms with van der Waals surface area (Å²) in [4.78, 5) is 0. The van der Waals surface area contributed by atoms with E-state index in [1.54, 1.807) is 0 Å². The van der Waals surface area contributed by atoms with Gasteiger partial charge in [-0.2, -0.15) is 0 Å². The monoisotopic (exact) mass is 322 g/mol. The Morgan fingerprint density at radius 3 is 1.45 bits per heavy atom. The van der Waals surface area contributed by atoms with E-state index in [4.69, 9.17) is 8.22 Å². The van der Waals surface area contributed by atoms with Gasteiger partial charge in [0, 0.05) is 8.22 Å². The highest BCUT2D eigenvalue weighted by Crippen LogP contribution is 2.07. The molecule has 0 fully saturated rings. The van der Waals surface area contributed by atoms with Gasteiger partial charge >= 0.3 is 0 Å². The molecule has 0 radical (unpaired) electrons. The van der Waals surface area contributed by atoms with Gasteiger partial charge in [0.05, 0.1) is 0 Å². The van der Waals surface area contributed by atoms with Gasteiger partial charge in [0.25, 0.3) is 0 Å². The van der Waals surface area contributed by atoms with Crippen molar-refractivity contribution >= 4 is 0 Å². The van der Waals surface area contributed by atoms with Crippen molar-refractivity contribution in [2.75, 3.05) is 0 Å². The summed E-state index contributed by atoms with van der Waals surface area (Å²) in [6.45, 7) is 11.7. The third kappa shape index (κ3) is 50.1. The van der Waals surface area contributed by atoms with E-state index in [0.717, 1.165) is 51.4 Å². The van der Waals surface area contributed by atoms with E-state index >= 15 is 0 Å². The zero-order valence-corrected chi connectivity index (χ0v) is 16.5. The third-order valence-corrected chi connectivity index (χ3v) is 3.13. The molecular weight excluding hydrogens is 264 g/mol. The van der Waals surface area contributed by atoms with Crippen molar-refractivity contribution in [1.29, 1.82) is 0 Å². The molecule has 0 aliphatic heterocycles. The van der Waals surface area contributed by atoms with Crippen LogP contribution in [0.15, 0.2) is 0 Å². The quantitative estimate of drug-likeness (QED) is 0.390. The minimum atomic E-state index is 0.479. The van der Waals surface area contributed by atoms with Crippen molar-refractivity contribution in [1.82, 2.24) is 0 Å². The highest BCUT2D eigenvalue weighted by atomic mass is 14.0. The van der Waals surface area contributed by atoms with Crippen LogP contribution in [0.3, 0.4) is 0 Å². The van der Waals surface area contributed by atoms with Gasteiger partial charge in [0.2, 0.25) is 0 Å². The normalized spacial score (nSPS) is 15.3. The first-order valence-electron chi connectivity index (χ1n) is 13.5. The lowest BCUT2D eigenvalue weighted by atomic mass is 10.0. The van der Waals surface area contributed by atoms with Crippen LogP contribution in [0.4, 0.5) is 0 Å². The Kier molecular flexibility index (Phi) is 25.1. The van der Waals surface area contributed by atoms with E-state index in [2.05, 4.69) is 27.7 Å². The summed E-state index contributed by atoms with van der Waals surface area (Å²) < 4.78 is 41.1. The van der Waals surface area contributed by atoms with Crippen LogP contribution in [0, 0.1) is 11.8 Å². The maximum atomic E-state index is 7.08. The van der Waals surface area contributed by atoms with E-state index < -0.39 is 0 Å². The van der Waals surface area contributed by atoms with Crippen molar-refractivity contribution in [3.05, 3.63) is 0 Å². The van der Waals surface area contributed by atoms with Gasteiger partial charge < -0.3 is 0 Å². The smallest absolute Gasteiger partial charge is 0.0233 e. The molecule has 0 saturated heterocycles. The van der Waals surface area contributed by atoms with Crippen LogP contribution in [0.2, 0.25) is 0 Å². The number of rotatable bonds is 8. The molecule has 0 heteroatoms. The fraction of sp³-hybridized carbons (Fsp3) is 1.00. The summed E-state index contributed by atoms with van der Waals surface area (Å²) in [7, 11) is 0. The molecule has 0 aromatic heterocycles. The van der Waals surface area contributed by atoms with Crippen LogP contribution in [0.1, 0.15) is 142 Å². The second kappa shape index (κ2) is 32.8. The van der Waals surface area contributed by atoms with E-state index in [-0.39, 0.29) is 0 Å². The zero-order chi connectivity index (χ0) is 22.5. The molecule has 0 aliphatic carbocycles. The molecule has 0 aromatic carbocycles. The lowest BCUT2D eigenvalue weighted by molar-refractivity contribution is 0.509. The molecule has 140 valence electrons. The van der Waals surface area contributed by atoms with Crippen LogP contribution in [0.25, 0.3) is 0 Å². The van der Waals surface area contributed by atoms with E-state index in [1.807, 2.05) is 0 Å². The lowest BCUT2D eigenvalue weighted by Gasteiger charge is -2.02. The fourth-order valence-electron chi connectivity index (χ4n) is 0.947. The molecule has 0 amide bonds. The first-order valence-corrected chi connectivity index (χ1v) is 9.28. The first-order chi connectivity index (χ1) is 13.5. The van der Waals surface area contributed by atoms with E-state index in [1.165, 1.54) is 12.8 Å². The van der Waals surface area contributed by atoms with E-state index in [9.17, 15) is 0 Å². The Hall–Kier alpha value is 0. The van der Waals surface area contributed by atoms with Crippen LogP contribution in [-0.2, 0) is 0 Å². The number of hydrogen-bond donors (Lipinski definition) is 0. The molecule has 0 heterocycles. The van der Waals surface area contributed by atoms with Crippen molar-refractivity contribution < 1.29 is 8.22 Å². The van der Waals surface area contributed by atoms with Crippen molar-refractivity contribution in [3.63, 3.8) is 0 Å². The second-order valence-electron chi connectivity index (χ2n) is 5.54. The molecular formula is C22H52. The predicted molar refractivity (Wildman–Crippen MR) is 110 cm³/mol. The molecule has 22 heavy (non-hydrogen) atoms. The average Bonchev–Trinajstić information content (AvgIpc) is 2.73. The largest absolute Gasteiger partial charge is 0.0654 e. The van der Waals surface area contributed by atoms with Crippen LogP contribution in [-0.4, -0.2) is 0 Å². The van der Waals surface area contributed by atoms with Gasteiger partial charge in [-0.15, -0.1) is 0 Å². The molecule has 0 bridgehead atoms. The summed E-state index contributed by atoms with van der Waals surface area (Å²) in [6.07, 6.45) is 10.9. The lowest BCUT2D eigenvalue weighted by Crippen LogP contribution is -1.88. The Morgan fingerprint density at radius 2 is 1.23 bits per heavy atom. The van der Waals surface area contributed by atoms with Gasteiger partial charge in [0.1, 0.15) is 0 Å².